The fraction of sp³-hybridized carbons (Fsp3) is 0.227. The summed E-state index contributed by atoms with van der Waals surface area (Å²) in [5.74, 6) is -0.182. The Balaban J connectivity index is 1.34. The number of H-pyrrole nitrogens is 1. The number of benzene rings is 2. The molecule has 2 aromatic carbocycles. The van der Waals surface area contributed by atoms with Crippen molar-refractivity contribution in [1.29, 1.82) is 5.26 Å². The van der Waals surface area contributed by atoms with Crippen molar-refractivity contribution in [1.82, 2.24) is 20.4 Å². The molecule has 1 unspecified atom stereocenters. The number of hydrogen-bond acceptors (Lipinski definition) is 5. The molecule has 3 aromatic rings. The average molecular weight is 402 g/mol. The number of aromatic nitrogens is 2. The number of carbonyl (C=O) groups is 1. The van der Waals surface area contributed by atoms with Crippen LogP contribution in [0.3, 0.4) is 0 Å². The van der Waals surface area contributed by atoms with Gasteiger partial charge < -0.3 is 15.5 Å². The number of para-hydroxylation sites is 1. The number of nitrogens with one attached hydrogen (secondary N) is 3. The van der Waals surface area contributed by atoms with Gasteiger partial charge in [0, 0.05) is 29.4 Å². The fourth-order valence-corrected chi connectivity index (χ4v) is 4.13. The molecule has 1 amide bonds. The number of piperidine rings is 1. The first-order chi connectivity index (χ1) is 14.6. The minimum absolute atomic E-state index is 0.222. The van der Waals surface area contributed by atoms with Crippen molar-refractivity contribution < 1.29 is 9.18 Å². The number of fused-ring (bicyclic) bond motifs is 1. The standard InChI is InChI=1S/C22H19FN6O/c23-15-5-7-16(8-6-15)25-18-4-2-1-3-17(18)19-9-20(28-27-19)21(30)26-22-10-14(22)11-29(12-22)13-24/h1-9,14,25H,10-12H2,(H,26,30)(H,27,28)/t14?,22-/m0/s1. The van der Waals surface area contributed by atoms with E-state index in [4.69, 9.17) is 5.26 Å². The first-order valence-electron chi connectivity index (χ1n) is 9.71. The third-order valence-electron chi connectivity index (χ3n) is 5.80. The van der Waals surface area contributed by atoms with Crippen LogP contribution in [0.2, 0.25) is 0 Å². The molecule has 0 bridgehead atoms. The molecule has 8 heteroatoms. The lowest BCUT2D eigenvalue weighted by Gasteiger charge is -2.16. The highest BCUT2D eigenvalue weighted by Gasteiger charge is 2.61. The van der Waals surface area contributed by atoms with Crippen molar-refractivity contribution in [2.24, 2.45) is 5.92 Å². The van der Waals surface area contributed by atoms with E-state index in [1.54, 1.807) is 23.1 Å². The Morgan fingerprint density at radius 1 is 1.27 bits per heavy atom. The highest BCUT2D eigenvalue weighted by atomic mass is 19.1. The van der Waals surface area contributed by atoms with Crippen molar-refractivity contribution in [3.8, 4) is 17.5 Å². The van der Waals surface area contributed by atoms with Gasteiger partial charge in [-0.2, -0.15) is 10.4 Å². The van der Waals surface area contributed by atoms with Crippen LogP contribution in [-0.4, -0.2) is 39.6 Å². The number of hydrogen-bond donors (Lipinski definition) is 3. The number of halogens is 1. The Hall–Kier alpha value is -3.86. The molecule has 1 aliphatic carbocycles. The van der Waals surface area contributed by atoms with E-state index in [1.807, 2.05) is 24.3 Å². The van der Waals surface area contributed by atoms with Crippen molar-refractivity contribution in [2.45, 2.75) is 12.0 Å². The predicted molar refractivity (Wildman–Crippen MR) is 109 cm³/mol. The lowest BCUT2D eigenvalue weighted by molar-refractivity contribution is 0.0924. The van der Waals surface area contributed by atoms with Gasteiger partial charge in [0.15, 0.2) is 6.19 Å². The Bertz CT molecular complexity index is 1150. The number of rotatable bonds is 5. The molecule has 5 rings (SSSR count). The highest BCUT2D eigenvalue weighted by molar-refractivity contribution is 5.95. The van der Waals surface area contributed by atoms with E-state index >= 15 is 0 Å². The molecule has 2 heterocycles. The number of nitriles is 1. The number of aromatic amines is 1. The molecule has 3 N–H and O–H groups in total. The van der Waals surface area contributed by atoms with Gasteiger partial charge in [-0.25, -0.2) is 4.39 Å². The zero-order valence-corrected chi connectivity index (χ0v) is 16.0. The fourth-order valence-electron chi connectivity index (χ4n) is 4.13. The van der Waals surface area contributed by atoms with Gasteiger partial charge in [0.1, 0.15) is 11.5 Å². The molecule has 0 spiro atoms. The number of anilines is 2. The minimum Gasteiger partial charge on any atom is -0.355 e. The van der Waals surface area contributed by atoms with Gasteiger partial charge in [0.25, 0.3) is 5.91 Å². The zero-order chi connectivity index (χ0) is 20.7. The average Bonchev–Trinajstić information content (AvgIpc) is 3.10. The summed E-state index contributed by atoms with van der Waals surface area (Å²) in [6, 6.07) is 15.4. The molecular weight excluding hydrogens is 383 g/mol. The predicted octanol–water partition coefficient (Wildman–Crippen LogP) is 3.24. The van der Waals surface area contributed by atoms with E-state index in [-0.39, 0.29) is 17.3 Å². The maximum Gasteiger partial charge on any atom is 0.269 e. The van der Waals surface area contributed by atoms with E-state index in [9.17, 15) is 9.18 Å². The summed E-state index contributed by atoms with van der Waals surface area (Å²) in [5.41, 5.74) is 3.07. The Morgan fingerprint density at radius 3 is 2.83 bits per heavy atom. The van der Waals surface area contributed by atoms with Gasteiger partial charge in [-0.05, 0) is 42.8 Å². The molecule has 30 heavy (non-hydrogen) atoms. The van der Waals surface area contributed by atoms with Crippen LogP contribution in [-0.2, 0) is 0 Å². The van der Waals surface area contributed by atoms with Crippen LogP contribution < -0.4 is 10.6 Å². The maximum atomic E-state index is 13.2. The van der Waals surface area contributed by atoms with Crippen molar-refractivity contribution >= 4 is 17.3 Å². The molecule has 1 aliphatic heterocycles. The van der Waals surface area contributed by atoms with Crippen LogP contribution in [0.15, 0.2) is 54.6 Å². The Kier molecular flexibility index (Phi) is 4.17. The van der Waals surface area contributed by atoms with Crippen LogP contribution in [0.4, 0.5) is 15.8 Å². The monoisotopic (exact) mass is 402 g/mol. The van der Waals surface area contributed by atoms with Crippen LogP contribution in [0.5, 0.6) is 0 Å². The smallest absolute Gasteiger partial charge is 0.269 e. The molecular formula is C22H19FN6O. The largest absolute Gasteiger partial charge is 0.355 e. The highest BCUT2D eigenvalue weighted by Crippen LogP contribution is 2.49. The second-order valence-corrected chi connectivity index (χ2v) is 7.84. The first kappa shape index (κ1) is 18.2. The van der Waals surface area contributed by atoms with E-state index in [1.165, 1.54) is 12.1 Å². The van der Waals surface area contributed by atoms with Gasteiger partial charge in [-0.1, -0.05) is 18.2 Å². The summed E-state index contributed by atoms with van der Waals surface area (Å²) in [4.78, 5) is 14.4. The summed E-state index contributed by atoms with van der Waals surface area (Å²) < 4.78 is 13.2. The molecule has 2 fully saturated rings. The summed E-state index contributed by atoms with van der Waals surface area (Å²) in [6.45, 7) is 1.26. The van der Waals surface area contributed by atoms with E-state index < -0.39 is 0 Å². The molecule has 1 saturated carbocycles. The summed E-state index contributed by atoms with van der Waals surface area (Å²) in [5, 5.41) is 22.5. The van der Waals surface area contributed by atoms with Gasteiger partial charge >= 0.3 is 0 Å². The molecule has 0 radical (unpaired) electrons. The van der Waals surface area contributed by atoms with Gasteiger partial charge in [0.2, 0.25) is 0 Å². The first-order valence-corrected chi connectivity index (χ1v) is 9.71. The van der Waals surface area contributed by atoms with Crippen LogP contribution in [0, 0.1) is 23.2 Å². The number of likely N-dealkylation sites (tertiary alicyclic amines) is 1. The summed E-state index contributed by atoms with van der Waals surface area (Å²) in [7, 11) is 0. The molecule has 2 atom stereocenters. The summed E-state index contributed by atoms with van der Waals surface area (Å²) in [6.07, 6.45) is 3.06. The van der Waals surface area contributed by atoms with Gasteiger partial charge in [0.05, 0.1) is 17.8 Å². The molecule has 1 saturated heterocycles. The third-order valence-corrected chi connectivity index (χ3v) is 5.80. The lowest BCUT2D eigenvalue weighted by Crippen LogP contribution is -2.41. The van der Waals surface area contributed by atoms with Crippen molar-refractivity contribution in [3.05, 3.63) is 66.1 Å². The third kappa shape index (κ3) is 3.24. The van der Waals surface area contributed by atoms with Crippen LogP contribution in [0.1, 0.15) is 16.9 Å². The quantitative estimate of drug-likeness (QED) is 0.570. The normalized spacial score (nSPS) is 21.6. The SMILES string of the molecule is N#CN1CC2C[C@]2(NC(=O)c2cc(-c3ccccc3Nc3ccc(F)cc3)n[nH]2)C1. The van der Waals surface area contributed by atoms with Gasteiger partial charge in [-0.15, -0.1) is 0 Å². The minimum atomic E-state index is -0.297. The number of nitrogens with zero attached hydrogens (tertiary/aromatic N) is 3. The topological polar surface area (TPSA) is 96.8 Å². The van der Waals surface area contributed by atoms with Crippen molar-refractivity contribution in [3.63, 3.8) is 0 Å². The summed E-state index contributed by atoms with van der Waals surface area (Å²) >= 11 is 0. The molecule has 150 valence electrons. The van der Waals surface area contributed by atoms with E-state index in [2.05, 4.69) is 27.0 Å². The molecule has 7 nitrogen and oxygen atoms in total. The Morgan fingerprint density at radius 2 is 2.07 bits per heavy atom. The van der Waals surface area contributed by atoms with E-state index in [0.29, 0.717) is 30.4 Å². The number of amides is 1. The second kappa shape index (κ2) is 6.88. The van der Waals surface area contributed by atoms with Gasteiger partial charge in [-0.3, -0.25) is 9.89 Å². The number of carbonyl (C=O) groups excluding carboxylic acids is 1. The van der Waals surface area contributed by atoms with Crippen molar-refractivity contribution in [2.75, 3.05) is 18.4 Å². The van der Waals surface area contributed by atoms with E-state index in [0.717, 1.165) is 23.4 Å². The Labute approximate surface area is 172 Å². The molecule has 2 aliphatic rings. The van der Waals surface area contributed by atoms with Crippen LogP contribution in [0.25, 0.3) is 11.3 Å². The maximum absolute atomic E-state index is 13.2. The second-order valence-electron chi connectivity index (χ2n) is 7.84. The van der Waals surface area contributed by atoms with Crippen LogP contribution >= 0.6 is 0 Å². The molecule has 1 aromatic heterocycles. The lowest BCUT2D eigenvalue weighted by atomic mass is 10.1. The zero-order valence-electron chi connectivity index (χ0n) is 16.0.